The van der Waals surface area contributed by atoms with Gasteiger partial charge in [0.2, 0.25) is 5.91 Å². The van der Waals surface area contributed by atoms with Gasteiger partial charge in [0.1, 0.15) is 6.61 Å². The fourth-order valence-electron chi connectivity index (χ4n) is 1.84. The Morgan fingerprint density at radius 2 is 2.40 bits per heavy atom. The van der Waals surface area contributed by atoms with Gasteiger partial charge in [0.05, 0.1) is 6.61 Å². The van der Waals surface area contributed by atoms with E-state index in [2.05, 4.69) is 12.2 Å². The van der Waals surface area contributed by atoms with E-state index >= 15 is 0 Å². The van der Waals surface area contributed by atoms with Crippen molar-refractivity contribution >= 4 is 5.91 Å². The maximum absolute atomic E-state index is 11.5. The number of rotatable bonds is 5. The fourth-order valence-corrected chi connectivity index (χ4v) is 1.84. The third-order valence-electron chi connectivity index (χ3n) is 2.95. The van der Waals surface area contributed by atoms with Crippen LogP contribution in [-0.2, 0) is 9.53 Å². The summed E-state index contributed by atoms with van der Waals surface area (Å²) in [6.45, 7) is 5.79. The largest absolute Gasteiger partial charge is 0.370 e. The molecule has 1 saturated carbocycles. The van der Waals surface area contributed by atoms with Crippen LogP contribution in [0.25, 0.3) is 0 Å². The van der Waals surface area contributed by atoms with Crippen LogP contribution in [0, 0.1) is 5.92 Å². The minimum Gasteiger partial charge on any atom is -0.370 e. The van der Waals surface area contributed by atoms with Gasteiger partial charge >= 0.3 is 0 Å². The van der Waals surface area contributed by atoms with Crippen LogP contribution in [-0.4, -0.2) is 49.7 Å². The second kappa shape index (κ2) is 4.94. The molecule has 86 valence electrons. The SMILES string of the molecule is CC(CNC1CC1)CN1CCOCC1=O. The lowest BCUT2D eigenvalue weighted by atomic mass is 10.1. The average molecular weight is 212 g/mol. The molecule has 15 heavy (non-hydrogen) atoms. The molecule has 0 aromatic carbocycles. The van der Waals surface area contributed by atoms with Crippen LogP contribution < -0.4 is 5.32 Å². The van der Waals surface area contributed by atoms with E-state index in [4.69, 9.17) is 4.74 Å². The molecule has 1 heterocycles. The number of carbonyl (C=O) groups excluding carboxylic acids is 1. The Balaban J connectivity index is 1.66. The molecule has 1 unspecified atom stereocenters. The first-order chi connectivity index (χ1) is 7.25. The van der Waals surface area contributed by atoms with Gasteiger partial charge in [0.15, 0.2) is 0 Å². The van der Waals surface area contributed by atoms with E-state index in [0.717, 1.165) is 25.7 Å². The molecule has 1 N–H and O–H groups in total. The van der Waals surface area contributed by atoms with Crippen molar-refractivity contribution in [3.63, 3.8) is 0 Å². The average Bonchev–Trinajstić information content (AvgIpc) is 3.02. The molecular weight excluding hydrogens is 192 g/mol. The summed E-state index contributed by atoms with van der Waals surface area (Å²) in [4.78, 5) is 13.4. The highest BCUT2D eigenvalue weighted by Gasteiger charge is 2.23. The Bertz CT molecular complexity index is 229. The third kappa shape index (κ3) is 3.47. The Kier molecular flexibility index (Phi) is 3.59. The molecule has 2 fully saturated rings. The second-order valence-corrected chi connectivity index (χ2v) is 4.68. The third-order valence-corrected chi connectivity index (χ3v) is 2.95. The predicted molar refractivity (Wildman–Crippen MR) is 57.6 cm³/mol. The Hall–Kier alpha value is -0.610. The minimum atomic E-state index is 0.138. The van der Waals surface area contributed by atoms with Crippen LogP contribution in [0.2, 0.25) is 0 Å². The molecule has 1 aliphatic carbocycles. The summed E-state index contributed by atoms with van der Waals surface area (Å²) in [5.74, 6) is 0.673. The number of hydrogen-bond donors (Lipinski definition) is 1. The molecule has 1 amide bonds. The number of amides is 1. The van der Waals surface area contributed by atoms with Crippen LogP contribution in [0.15, 0.2) is 0 Å². The molecule has 4 heteroatoms. The van der Waals surface area contributed by atoms with Gasteiger partial charge in [-0.25, -0.2) is 0 Å². The lowest BCUT2D eigenvalue weighted by Gasteiger charge is -2.29. The van der Waals surface area contributed by atoms with Crippen LogP contribution in [0.5, 0.6) is 0 Å². The van der Waals surface area contributed by atoms with E-state index < -0.39 is 0 Å². The van der Waals surface area contributed by atoms with Crippen molar-refractivity contribution in [1.29, 1.82) is 0 Å². The van der Waals surface area contributed by atoms with Gasteiger partial charge in [-0.2, -0.15) is 0 Å². The van der Waals surface area contributed by atoms with E-state index in [0.29, 0.717) is 12.5 Å². The molecule has 0 bridgehead atoms. The number of ether oxygens (including phenoxy) is 1. The molecule has 0 radical (unpaired) electrons. The number of nitrogens with one attached hydrogen (secondary N) is 1. The second-order valence-electron chi connectivity index (χ2n) is 4.68. The molecule has 1 saturated heterocycles. The molecule has 4 nitrogen and oxygen atoms in total. The normalized spacial score (nSPS) is 24.3. The van der Waals surface area contributed by atoms with Gasteiger partial charge in [0.25, 0.3) is 0 Å². The summed E-state index contributed by atoms with van der Waals surface area (Å²) in [6, 6.07) is 0.757. The van der Waals surface area contributed by atoms with Crippen LogP contribution in [0.1, 0.15) is 19.8 Å². The number of carbonyl (C=O) groups is 1. The highest BCUT2D eigenvalue weighted by Crippen LogP contribution is 2.18. The zero-order valence-corrected chi connectivity index (χ0v) is 9.37. The van der Waals surface area contributed by atoms with Crippen molar-refractivity contribution in [1.82, 2.24) is 10.2 Å². The molecule has 1 aliphatic heterocycles. The Labute approximate surface area is 91.0 Å². The van der Waals surface area contributed by atoms with E-state index in [1.807, 2.05) is 4.90 Å². The molecule has 0 spiro atoms. The smallest absolute Gasteiger partial charge is 0.248 e. The fraction of sp³-hybridized carbons (Fsp3) is 0.909. The van der Waals surface area contributed by atoms with Gasteiger partial charge in [0, 0.05) is 19.1 Å². The number of morpholine rings is 1. The summed E-state index contributed by atoms with van der Waals surface area (Å²) >= 11 is 0. The topological polar surface area (TPSA) is 41.6 Å². The highest BCUT2D eigenvalue weighted by molar-refractivity contribution is 5.77. The van der Waals surface area contributed by atoms with Crippen molar-refractivity contribution in [3.8, 4) is 0 Å². The molecule has 1 atom stereocenters. The summed E-state index contributed by atoms with van der Waals surface area (Å²) in [5, 5.41) is 3.49. The lowest BCUT2D eigenvalue weighted by molar-refractivity contribution is -0.143. The van der Waals surface area contributed by atoms with Gasteiger partial charge < -0.3 is 15.0 Å². The van der Waals surface area contributed by atoms with Crippen LogP contribution in [0.4, 0.5) is 0 Å². The molecule has 0 aromatic rings. The quantitative estimate of drug-likeness (QED) is 0.709. The van der Waals surface area contributed by atoms with E-state index in [1.54, 1.807) is 0 Å². The maximum Gasteiger partial charge on any atom is 0.248 e. The van der Waals surface area contributed by atoms with E-state index in [1.165, 1.54) is 12.8 Å². The Morgan fingerprint density at radius 1 is 1.60 bits per heavy atom. The van der Waals surface area contributed by atoms with E-state index in [9.17, 15) is 4.79 Å². The van der Waals surface area contributed by atoms with Crippen molar-refractivity contribution in [2.45, 2.75) is 25.8 Å². The molecular formula is C11H20N2O2. The van der Waals surface area contributed by atoms with Crippen molar-refractivity contribution in [2.24, 2.45) is 5.92 Å². The van der Waals surface area contributed by atoms with Crippen molar-refractivity contribution < 1.29 is 9.53 Å². The summed E-state index contributed by atoms with van der Waals surface area (Å²) in [5.41, 5.74) is 0. The zero-order valence-electron chi connectivity index (χ0n) is 9.37. The highest BCUT2D eigenvalue weighted by atomic mass is 16.5. The Morgan fingerprint density at radius 3 is 3.07 bits per heavy atom. The van der Waals surface area contributed by atoms with E-state index in [-0.39, 0.29) is 12.5 Å². The standard InChI is InChI=1S/C11H20N2O2/c1-9(6-12-10-2-3-10)7-13-4-5-15-8-11(13)14/h9-10,12H,2-8H2,1H3. The van der Waals surface area contributed by atoms with Crippen molar-refractivity contribution in [3.05, 3.63) is 0 Å². The monoisotopic (exact) mass is 212 g/mol. The van der Waals surface area contributed by atoms with Gasteiger partial charge in [-0.1, -0.05) is 6.92 Å². The zero-order chi connectivity index (χ0) is 10.7. The van der Waals surface area contributed by atoms with Gasteiger partial charge in [-0.3, -0.25) is 4.79 Å². The van der Waals surface area contributed by atoms with Gasteiger partial charge in [-0.15, -0.1) is 0 Å². The summed E-state index contributed by atoms with van der Waals surface area (Å²) in [7, 11) is 0. The first-order valence-corrected chi connectivity index (χ1v) is 5.84. The number of hydrogen-bond acceptors (Lipinski definition) is 3. The molecule has 2 aliphatic rings. The summed E-state index contributed by atoms with van der Waals surface area (Å²) in [6.07, 6.45) is 2.65. The van der Waals surface area contributed by atoms with Crippen LogP contribution >= 0.6 is 0 Å². The van der Waals surface area contributed by atoms with Crippen molar-refractivity contribution in [2.75, 3.05) is 32.8 Å². The minimum absolute atomic E-state index is 0.138. The summed E-state index contributed by atoms with van der Waals surface area (Å²) < 4.78 is 5.09. The lowest BCUT2D eigenvalue weighted by Crippen LogP contribution is -2.45. The molecule has 2 rings (SSSR count). The first-order valence-electron chi connectivity index (χ1n) is 5.84. The first kappa shape index (κ1) is 10.9. The predicted octanol–water partition coefficient (Wildman–Crippen LogP) is 0.233. The van der Waals surface area contributed by atoms with Crippen LogP contribution in [0.3, 0.4) is 0 Å². The van der Waals surface area contributed by atoms with Gasteiger partial charge in [-0.05, 0) is 25.3 Å². The molecule has 0 aromatic heterocycles. The number of nitrogens with zero attached hydrogens (tertiary/aromatic N) is 1. The maximum atomic E-state index is 11.5.